The average Bonchev–Trinajstić information content (AvgIpc) is 2.46. The monoisotopic (exact) mass is 243 g/mol. The minimum atomic E-state index is -0.0687. The second kappa shape index (κ2) is 6.12. The Bertz CT molecular complexity index is 470. The number of aryl methyl sites for hydroxylation is 1. The molecular weight excluding hydrogens is 226 g/mol. The second-order valence-electron chi connectivity index (χ2n) is 4.12. The summed E-state index contributed by atoms with van der Waals surface area (Å²) in [5, 5.41) is 0. The molecule has 0 saturated carbocycles. The van der Waals surface area contributed by atoms with Crippen molar-refractivity contribution in [3.05, 3.63) is 54.1 Å². The molecule has 0 bridgehead atoms. The summed E-state index contributed by atoms with van der Waals surface area (Å²) >= 11 is 0. The number of ether oxygens (including phenoxy) is 1. The van der Waals surface area contributed by atoms with Gasteiger partial charge in [0.1, 0.15) is 5.75 Å². The first kappa shape index (κ1) is 12.5. The summed E-state index contributed by atoms with van der Waals surface area (Å²) in [6, 6.07) is 7.97. The molecule has 1 heterocycles. The van der Waals surface area contributed by atoms with E-state index >= 15 is 0 Å². The molecule has 0 aliphatic carbocycles. The summed E-state index contributed by atoms with van der Waals surface area (Å²) in [7, 11) is 1.67. The maximum atomic E-state index is 6.07. The molecule has 1 atom stereocenters. The standard InChI is InChI=1S/C14H17N3O/c1-18-12-5-2-11(3-6-12)4-7-13(15)14-10-16-8-9-17-14/h2-3,5-6,8-10,13H,4,7,15H2,1H3. The molecular formula is C14H17N3O. The van der Waals surface area contributed by atoms with Crippen molar-refractivity contribution in [3.8, 4) is 5.75 Å². The first-order valence-corrected chi connectivity index (χ1v) is 5.94. The SMILES string of the molecule is COc1ccc(CCC(N)c2cnccn2)cc1. The molecule has 2 rings (SSSR count). The van der Waals surface area contributed by atoms with Crippen molar-refractivity contribution in [2.45, 2.75) is 18.9 Å². The largest absolute Gasteiger partial charge is 0.497 e. The lowest BCUT2D eigenvalue weighted by Gasteiger charge is -2.10. The highest BCUT2D eigenvalue weighted by molar-refractivity contribution is 5.27. The van der Waals surface area contributed by atoms with Crippen LogP contribution in [0.25, 0.3) is 0 Å². The zero-order valence-corrected chi connectivity index (χ0v) is 10.4. The molecule has 0 radical (unpaired) electrons. The smallest absolute Gasteiger partial charge is 0.118 e. The fraction of sp³-hybridized carbons (Fsp3) is 0.286. The van der Waals surface area contributed by atoms with Crippen molar-refractivity contribution < 1.29 is 4.74 Å². The molecule has 4 nitrogen and oxygen atoms in total. The van der Waals surface area contributed by atoms with Gasteiger partial charge in [-0.15, -0.1) is 0 Å². The lowest BCUT2D eigenvalue weighted by atomic mass is 10.0. The highest BCUT2D eigenvalue weighted by Gasteiger charge is 2.07. The number of rotatable bonds is 5. The van der Waals surface area contributed by atoms with Gasteiger partial charge in [0.2, 0.25) is 0 Å². The topological polar surface area (TPSA) is 61.0 Å². The van der Waals surface area contributed by atoms with E-state index in [0.717, 1.165) is 24.3 Å². The molecule has 0 fully saturated rings. The third kappa shape index (κ3) is 3.28. The molecule has 94 valence electrons. The Labute approximate surface area is 107 Å². The average molecular weight is 243 g/mol. The minimum absolute atomic E-state index is 0.0687. The summed E-state index contributed by atoms with van der Waals surface area (Å²) in [6.45, 7) is 0. The Morgan fingerprint density at radius 2 is 2.00 bits per heavy atom. The normalized spacial score (nSPS) is 12.1. The van der Waals surface area contributed by atoms with Crippen molar-refractivity contribution in [2.24, 2.45) is 5.73 Å². The van der Waals surface area contributed by atoms with E-state index in [1.165, 1.54) is 5.56 Å². The summed E-state index contributed by atoms with van der Waals surface area (Å²) in [5.74, 6) is 0.872. The molecule has 1 aromatic carbocycles. The van der Waals surface area contributed by atoms with Crippen LogP contribution in [0.1, 0.15) is 23.7 Å². The molecule has 0 amide bonds. The quantitative estimate of drug-likeness (QED) is 0.873. The van der Waals surface area contributed by atoms with Gasteiger partial charge in [-0.2, -0.15) is 0 Å². The van der Waals surface area contributed by atoms with Crippen LogP contribution < -0.4 is 10.5 Å². The van der Waals surface area contributed by atoms with Gasteiger partial charge in [-0.3, -0.25) is 9.97 Å². The van der Waals surface area contributed by atoms with Gasteiger partial charge >= 0.3 is 0 Å². The lowest BCUT2D eigenvalue weighted by Crippen LogP contribution is -2.13. The van der Waals surface area contributed by atoms with Crippen molar-refractivity contribution >= 4 is 0 Å². The number of aromatic nitrogens is 2. The molecule has 0 aliphatic heterocycles. The highest BCUT2D eigenvalue weighted by atomic mass is 16.5. The number of methoxy groups -OCH3 is 1. The first-order valence-electron chi connectivity index (χ1n) is 5.94. The minimum Gasteiger partial charge on any atom is -0.497 e. The molecule has 2 aromatic rings. The van der Waals surface area contributed by atoms with Gasteiger partial charge in [0.05, 0.1) is 12.8 Å². The molecule has 0 saturated heterocycles. The van der Waals surface area contributed by atoms with Crippen LogP contribution in [0.4, 0.5) is 0 Å². The fourth-order valence-electron chi connectivity index (χ4n) is 1.76. The Kier molecular flexibility index (Phi) is 4.25. The molecule has 1 unspecified atom stereocenters. The third-order valence-electron chi connectivity index (χ3n) is 2.87. The van der Waals surface area contributed by atoms with E-state index in [-0.39, 0.29) is 6.04 Å². The van der Waals surface area contributed by atoms with Crippen molar-refractivity contribution in [1.82, 2.24) is 9.97 Å². The van der Waals surface area contributed by atoms with E-state index in [4.69, 9.17) is 10.5 Å². The van der Waals surface area contributed by atoms with Gasteiger partial charge in [-0.25, -0.2) is 0 Å². The Balaban J connectivity index is 1.91. The van der Waals surface area contributed by atoms with E-state index in [1.807, 2.05) is 12.1 Å². The van der Waals surface area contributed by atoms with Gasteiger partial charge in [0, 0.05) is 24.6 Å². The van der Waals surface area contributed by atoms with Gasteiger partial charge in [-0.05, 0) is 30.5 Å². The summed E-state index contributed by atoms with van der Waals surface area (Å²) in [5.41, 5.74) is 8.16. The van der Waals surface area contributed by atoms with Crippen LogP contribution in [0.2, 0.25) is 0 Å². The van der Waals surface area contributed by atoms with Gasteiger partial charge in [0.25, 0.3) is 0 Å². The van der Waals surface area contributed by atoms with Crippen molar-refractivity contribution in [1.29, 1.82) is 0 Å². The molecule has 0 aliphatic rings. The molecule has 2 N–H and O–H groups in total. The molecule has 18 heavy (non-hydrogen) atoms. The van der Waals surface area contributed by atoms with Gasteiger partial charge in [-0.1, -0.05) is 12.1 Å². The Morgan fingerprint density at radius 3 is 2.61 bits per heavy atom. The maximum absolute atomic E-state index is 6.07. The summed E-state index contributed by atoms with van der Waals surface area (Å²) in [6.07, 6.45) is 6.81. The van der Waals surface area contributed by atoms with Crippen LogP contribution in [-0.4, -0.2) is 17.1 Å². The van der Waals surface area contributed by atoms with Gasteiger partial charge in [0.15, 0.2) is 0 Å². The van der Waals surface area contributed by atoms with Crippen LogP contribution in [0, 0.1) is 0 Å². The first-order chi connectivity index (χ1) is 8.79. The lowest BCUT2D eigenvalue weighted by molar-refractivity contribution is 0.414. The summed E-state index contributed by atoms with van der Waals surface area (Å²) < 4.78 is 5.12. The zero-order chi connectivity index (χ0) is 12.8. The zero-order valence-electron chi connectivity index (χ0n) is 10.4. The molecule has 4 heteroatoms. The second-order valence-corrected chi connectivity index (χ2v) is 4.12. The molecule has 1 aromatic heterocycles. The number of nitrogens with two attached hydrogens (primary N) is 1. The van der Waals surface area contributed by atoms with Crippen LogP contribution in [0.3, 0.4) is 0 Å². The predicted molar refractivity (Wildman–Crippen MR) is 70.3 cm³/mol. The highest BCUT2D eigenvalue weighted by Crippen LogP contribution is 2.16. The van der Waals surface area contributed by atoms with E-state index in [9.17, 15) is 0 Å². The predicted octanol–water partition coefficient (Wildman–Crippen LogP) is 2.12. The van der Waals surface area contributed by atoms with Crippen LogP contribution >= 0.6 is 0 Å². The van der Waals surface area contributed by atoms with Crippen molar-refractivity contribution in [2.75, 3.05) is 7.11 Å². The van der Waals surface area contributed by atoms with Crippen molar-refractivity contribution in [3.63, 3.8) is 0 Å². The van der Waals surface area contributed by atoms with Gasteiger partial charge < -0.3 is 10.5 Å². The fourth-order valence-corrected chi connectivity index (χ4v) is 1.76. The van der Waals surface area contributed by atoms with Crippen LogP contribution in [0.15, 0.2) is 42.9 Å². The maximum Gasteiger partial charge on any atom is 0.118 e. The Hall–Kier alpha value is -1.94. The van der Waals surface area contributed by atoms with Crippen LogP contribution in [-0.2, 0) is 6.42 Å². The number of benzene rings is 1. The Morgan fingerprint density at radius 1 is 1.22 bits per heavy atom. The third-order valence-corrected chi connectivity index (χ3v) is 2.87. The van der Waals surface area contributed by atoms with Crippen LogP contribution in [0.5, 0.6) is 5.75 Å². The van der Waals surface area contributed by atoms with E-state index in [0.29, 0.717) is 0 Å². The van der Waals surface area contributed by atoms with E-state index in [2.05, 4.69) is 22.1 Å². The number of hydrogen-bond donors (Lipinski definition) is 1. The number of nitrogens with zero attached hydrogens (tertiary/aromatic N) is 2. The molecule has 0 spiro atoms. The van der Waals surface area contributed by atoms with E-state index in [1.54, 1.807) is 25.7 Å². The van der Waals surface area contributed by atoms with E-state index < -0.39 is 0 Å². The number of hydrogen-bond acceptors (Lipinski definition) is 4. The summed E-state index contributed by atoms with van der Waals surface area (Å²) in [4.78, 5) is 8.24.